The number of hydrogen-bond acceptors (Lipinski definition) is 4. The zero-order chi connectivity index (χ0) is 17.5. The predicted molar refractivity (Wildman–Crippen MR) is 92.2 cm³/mol. The van der Waals surface area contributed by atoms with Gasteiger partial charge >= 0.3 is 0 Å². The summed E-state index contributed by atoms with van der Waals surface area (Å²) in [7, 11) is -2.26. The number of benzene rings is 2. The van der Waals surface area contributed by atoms with Crippen molar-refractivity contribution in [2.24, 2.45) is 0 Å². The van der Waals surface area contributed by atoms with Crippen molar-refractivity contribution in [3.8, 4) is 5.75 Å². The highest BCUT2D eigenvalue weighted by atomic mass is 32.2. The molecule has 2 aromatic rings. The topological polar surface area (TPSA) is 63.7 Å². The molecule has 6 heteroatoms. The number of methoxy groups -OCH3 is 1. The molecule has 0 N–H and O–H groups in total. The van der Waals surface area contributed by atoms with Crippen molar-refractivity contribution in [1.29, 1.82) is 0 Å². The standard InChI is InChI=1S/C18H19NO4S/c1-12-4-7-15(8-5-12)24(21,22)19-13(2)10-18(20)16-9-6-14(23-3)11-17(16)19/h4-9,11,13H,10H2,1-3H3/t13-/m1/s1. The van der Waals surface area contributed by atoms with Crippen LogP contribution in [0.1, 0.15) is 29.3 Å². The first-order chi connectivity index (χ1) is 11.3. The average molecular weight is 345 g/mol. The first-order valence-electron chi connectivity index (χ1n) is 7.67. The van der Waals surface area contributed by atoms with Crippen LogP contribution in [0.25, 0.3) is 0 Å². The molecule has 1 aliphatic heterocycles. The first-order valence-corrected chi connectivity index (χ1v) is 9.11. The molecule has 2 aromatic carbocycles. The fourth-order valence-corrected chi connectivity index (χ4v) is 4.61. The van der Waals surface area contributed by atoms with Crippen molar-refractivity contribution in [3.05, 3.63) is 53.6 Å². The number of sulfonamides is 1. The van der Waals surface area contributed by atoms with E-state index in [1.165, 1.54) is 11.4 Å². The summed E-state index contributed by atoms with van der Waals surface area (Å²) in [6.45, 7) is 3.64. The highest BCUT2D eigenvalue weighted by Crippen LogP contribution is 2.37. The summed E-state index contributed by atoms with van der Waals surface area (Å²) in [5, 5.41) is 0. The molecule has 1 heterocycles. The van der Waals surface area contributed by atoms with E-state index < -0.39 is 16.1 Å². The minimum absolute atomic E-state index is 0.0597. The van der Waals surface area contributed by atoms with E-state index in [1.54, 1.807) is 49.4 Å². The van der Waals surface area contributed by atoms with Crippen LogP contribution in [0.15, 0.2) is 47.4 Å². The molecule has 0 fully saturated rings. The number of Topliss-reactive ketones (excluding diaryl/α,β-unsaturated/α-hetero) is 1. The van der Waals surface area contributed by atoms with Gasteiger partial charge in [-0.15, -0.1) is 0 Å². The Bertz CT molecular complexity index is 888. The second-order valence-electron chi connectivity index (χ2n) is 5.97. The third-order valence-electron chi connectivity index (χ3n) is 4.20. The molecule has 0 aromatic heterocycles. The van der Waals surface area contributed by atoms with Crippen LogP contribution in [0.4, 0.5) is 5.69 Å². The van der Waals surface area contributed by atoms with Crippen LogP contribution in [0, 0.1) is 6.92 Å². The van der Waals surface area contributed by atoms with Crippen LogP contribution in [-0.4, -0.2) is 27.4 Å². The Morgan fingerprint density at radius 3 is 2.42 bits per heavy atom. The van der Waals surface area contributed by atoms with E-state index in [4.69, 9.17) is 4.74 Å². The zero-order valence-corrected chi connectivity index (χ0v) is 14.6. The average Bonchev–Trinajstić information content (AvgIpc) is 2.54. The maximum absolute atomic E-state index is 13.2. The number of anilines is 1. The number of nitrogens with zero attached hydrogens (tertiary/aromatic N) is 1. The lowest BCUT2D eigenvalue weighted by Gasteiger charge is -2.35. The van der Waals surface area contributed by atoms with E-state index in [0.29, 0.717) is 17.0 Å². The van der Waals surface area contributed by atoms with Gasteiger partial charge in [0.15, 0.2) is 5.78 Å². The highest BCUT2D eigenvalue weighted by molar-refractivity contribution is 7.92. The Balaban J connectivity index is 2.18. The van der Waals surface area contributed by atoms with Crippen molar-refractivity contribution < 1.29 is 17.9 Å². The van der Waals surface area contributed by atoms with Crippen molar-refractivity contribution in [1.82, 2.24) is 0 Å². The Hall–Kier alpha value is -2.34. The minimum atomic E-state index is -3.76. The van der Waals surface area contributed by atoms with E-state index in [9.17, 15) is 13.2 Å². The van der Waals surface area contributed by atoms with Gasteiger partial charge in [-0.2, -0.15) is 0 Å². The van der Waals surface area contributed by atoms with Gasteiger partial charge in [0.1, 0.15) is 5.75 Å². The monoisotopic (exact) mass is 345 g/mol. The van der Waals surface area contributed by atoms with Gasteiger partial charge in [0.25, 0.3) is 10.0 Å². The van der Waals surface area contributed by atoms with Crippen LogP contribution in [0.2, 0.25) is 0 Å². The number of hydrogen-bond donors (Lipinski definition) is 0. The number of rotatable bonds is 3. The molecule has 0 bridgehead atoms. The van der Waals surface area contributed by atoms with E-state index in [1.807, 2.05) is 6.92 Å². The lowest BCUT2D eigenvalue weighted by molar-refractivity contribution is 0.0972. The Labute approximate surface area is 141 Å². The number of ketones is 1. The molecule has 0 unspecified atom stereocenters. The molecule has 126 valence electrons. The van der Waals surface area contributed by atoms with Gasteiger partial charge in [-0.3, -0.25) is 9.10 Å². The van der Waals surface area contributed by atoms with Gasteiger partial charge in [0, 0.05) is 24.1 Å². The first kappa shape index (κ1) is 16.5. The van der Waals surface area contributed by atoms with Gasteiger partial charge in [-0.1, -0.05) is 17.7 Å². The molecule has 1 aliphatic rings. The van der Waals surface area contributed by atoms with Gasteiger partial charge in [0.05, 0.1) is 17.7 Å². The lowest BCUT2D eigenvalue weighted by atomic mass is 9.97. The molecule has 0 saturated heterocycles. The third-order valence-corrected chi connectivity index (χ3v) is 6.14. The van der Waals surface area contributed by atoms with Crippen LogP contribution < -0.4 is 9.04 Å². The zero-order valence-electron chi connectivity index (χ0n) is 13.8. The number of carbonyl (C=O) groups is 1. The van der Waals surface area contributed by atoms with Gasteiger partial charge in [-0.25, -0.2) is 8.42 Å². The largest absolute Gasteiger partial charge is 0.497 e. The van der Waals surface area contributed by atoms with E-state index >= 15 is 0 Å². The number of ether oxygens (including phenoxy) is 1. The quantitative estimate of drug-likeness (QED) is 0.857. The second-order valence-corrected chi connectivity index (χ2v) is 7.79. The molecule has 0 spiro atoms. The second kappa shape index (κ2) is 5.94. The van der Waals surface area contributed by atoms with Crippen LogP contribution in [-0.2, 0) is 10.0 Å². The van der Waals surface area contributed by atoms with E-state index in [2.05, 4.69) is 0 Å². The minimum Gasteiger partial charge on any atom is -0.497 e. The SMILES string of the molecule is COc1ccc2c(c1)N(S(=O)(=O)c1ccc(C)cc1)[C@H](C)CC2=O. The molecule has 5 nitrogen and oxygen atoms in total. The molecule has 0 amide bonds. The Morgan fingerprint density at radius 1 is 1.12 bits per heavy atom. The summed E-state index contributed by atoms with van der Waals surface area (Å²) in [5.74, 6) is 0.454. The molecule has 0 radical (unpaired) electrons. The van der Waals surface area contributed by atoms with E-state index in [0.717, 1.165) is 5.56 Å². The van der Waals surface area contributed by atoms with Crippen LogP contribution in [0.5, 0.6) is 5.75 Å². The summed E-state index contributed by atoms with van der Waals surface area (Å²) >= 11 is 0. The fourth-order valence-electron chi connectivity index (χ4n) is 2.95. The van der Waals surface area contributed by atoms with Crippen molar-refractivity contribution in [2.45, 2.75) is 31.2 Å². The smallest absolute Gasteiger partial charge is 0.264 e. The van der Waals surface area contributed by atoms with E-state index in [-0.39, 0.29) is 17.1 Å². The van der Waals surface area contributed by atoms with Gasteiger partial charge in [0.2, 0.25) is 0 Å². The maximum atomic E-state index is 13.2. The lowest BCUT2D eigenvalue weighted by Crippen LogP contribution is -2.43. The number of aryl methyl sites for hydroxylation is 1. The van der Waals surface area contributed by atoms with Gasteiger partial charge < -0.3 is 4.74 Å². The van der Waals surface area contributed by atoms with Crippen molar-refractivity contribution >= 4 is 21.5 Å². The molecule has 3 rings (SSSR count). The summed E-state index contributed by atoms with van der Waals surface area (Å²) in [4.78, 5) is 12.5. The Kier molecular flexibility index (Phi) is 4.09. The van der Waals surface area contributed by atoms with Crippen LogP contribution in [0.3, 0.4) is 0 Å². The summed E-state index contributed by atoms with van der Waals surface area (Å²) in [6, 6.07) is 11.2. The summed E-state index contributed by atoms with van der Waals surface area (Å²) in [6.07, 6.45) is 0.157. The molecule has 24 heavy (non-hydrogen) atoms. The molecule has 1 atom stereocenters. The maximum Gasteiger partial charge on any atom is 0.264 e. The third kappa shape index (κ3) is 2.67. The molecule has 0 aliphatic carbocycles. The summed E-state index contributed by atoms with van der Waals surface area (Å²) < 4.78 is 32.8. The van der Waals surface area contributed by atoms with Crippen molar-refractivity contribution in [2.75, 3.05) is 11.4 Å². The van der Waals surface area contributed by atoms with Gasteiger partial charge in [-0.05, 0) is 38.1 Å². The predicted octanol–water partition coefficient (Wildman–Crippen LogP) is 3.17. The molecular formula is C18H19NO4S. The number of carbonyl (C=O) groups excluding carboxylic acids is 1. The normalized spacial score (nSPS) is 17.5. The van der Waals surface area contributed by atoms with Crippen LogP contribution >= 0.6 is 0 Å². The molecule has 0 saturated carbocycles. The summed E-state index contributed by atoms with van der Waals surface area (Å²) in [5.41, 5.74) is 1.76. The fraction of sp³-hybridized carbons (Fsp3) is 0.278. The molecular weight excluding hydrogens is 326 g/mol. The highest BCUT2D eigenvalue weighted by Gasteiger charge is 2.37. The number of fused-ring (bicyclic) bond motifs is 1. The van der Waals surface area contributed by atoms with Crippen molar-refractivity contribution in [3.63, 3.8) is 0 Å². The Morgan fingerprint density at radius 2 is 1.79 bits per heavy atom.